The van der Waals surface area contributed by atoms with Crippen molar-refractivity contribution in [3.8, 4) is 0 Å². The Hall–Kier alpha value is -1.91. The van der Waals surface area contributed by atoms with Crippen LogP contribution in [0.4, 0.5) is 5.69 Å². The van der Waals surface area contributed by atoms with Gasteiger partial charge in [-0.2, -0.15) is 0 Å². The predicted octanol–water partition coefficient (Wildman–Crippen LogP) is 2.87. The topological polar surface area (TPSA) is 91.1 Å². The van der Waals surface area contributed by atoms with Gasteiger partial charge in [-0.3, -0.25) is 14.9 Å². The zero-order valence-electron chi connectivity index (χ0n) is 16.5. The smallest absolute Gasteiger partial charge is 0.269 e. The van der Waals surface area contributed by atoms with Crippen LogP contribution in [0.1, 0.15) is 32.8 Å². The maximum absolute atomic E-state index is 12.3. The molecule has 0 saturated heterocycles. The number of nitro benzene ring substituents is 1. The van der Waals surface area contributed by atoms with Crippen molar-refractivity contribution in [2.75, 3.05) is 33.2 Å². The summed E-state index contributed by atoms with van der Waals surface area (Å²) in [6, 6.07) is 6.33. The Morgan fingerprint density at radius 3 is 2.26 bits per heavy atom. The monoisotopic (exact) mass is 491 g/mol. The van der Waals surface area contributed by atoms with Crippen LogP contribution in [0.3, 0.4) is 0 Å². The van der Waals surface area contributed by atoms with Crippen molar-refractivity contribution >= 4 is 41.5 Å². The molecule has 0 aromatic heterocycles. The average molecular weight is 491 g/mol. The molecular weight excluding hydrogens is 461 g/mol. The summed E-state index contributed by atoms with van der Waals surface area (Å²) in [6.45, 7) is 8.72. The largest absolute Gasteiger partial charge is 0.356 e. The molecule has 0 bridgehead atoms. The van der Waals surface area contributed by atoms with Crippen molar-refractivity contribution in [3.63, 3.8) is 0 Å². The number of halogens is 1. The summed E-state index contributed by atoms with van der Waals surface area (Å²) in [5.41, 5.74) is 0.930. The second-order valence-corrected chi connectivity index (χ2v) is 5.91. The van der Waals surface area contributed by atoms with Gasteiger partial charge in [-0.05, 0) is 25.8 Å². The molecule has 0 fully saturated rings. The molecule has 1 N–H and O–H groups in total. The molecule has 0 heterocycles. The van der Waals surface area contributed by atoms with E-state index in [2.05, 4.69) is 17.2 Å². The Balaban J connectivity index is 0.00000676. The van der Waals surface area contributed by atoms with Crippen molar-refractivity contribution in [2.45, 2.75) is 33.7 Å². The lowest BCUT2D eigenvalue weighted by Crippen LogP contribution is -2.45. The quantitative estimate of drug-likeness (QED) is 0.189. The van der Waals surface area contributed by atoms with Gasteiger partial charge in [-0.15, -0.1) is 24.0 Å². The molecule has 8 nitrogen and oxygen atoms in total. The van der Waals surface area contributed by atoms with E-state index in [1.54, 1.807) is 17.0 Å². The summed E-state index contributed by atoms with van der Waals surface area (Å²) < 4.78 is 0. The lowest BCUT2D eigenvalue weighted by Gasteiger charge is -2.25. The summed E-state index contributed by atoms with van der Waals surface area (Å²) in [6.07, 6.45) is 0.939. The highest BCUT2D eigenvalue weighted by molar-refractivity contribution is 14.0. The van der Waals surface area contributed by atoms with E-state index in [9.17, 15) is 14.9 Å². The van der Waals surface area contributed by atoms with Gasteiger partial charge in [-0.1, -0.05) is 19.1 Å². The van der Waals surface area contributed by atoms with Crippen LogP contribution in [-0.2, 0) is 11.3 Å². The SMILES string of the molecule is CCCNC(=NCc1ccc([N+](=O)[O-])cc1)N(C)CC(=O)N(CC)CC.I. The van der Waals surface area contributed by atoms with Gasteiger partial charge in [0.15, 0.2) is 5.96 Å². The molecule has 9 heteroatoms. The fraction of sp³-hybridized carbons (Fsp3) is 0.556. The first-order valence-corrected chi connectivity index (χ1v) is 8.93. The molecule has 0 aliphatic rings. The number of carbonyl (C=O) groups excluding carboxylic acids is 1. The lowest BCUT2D eigenvalue weighted by molar-refractivity contribution is -0.384. The van der Waals surface area contributed by atoms with Crippen LogP contribution in [0, 0.1) is 10.1 Å². The molecule has 0 aliphatic heterocycles. The fourth-order valence-corrected chi connectivity index (χ4v) is 2.39. The summed E-state index contributed by atoms with van der Waals surface area (Å²) in [5.74, 6) is 0.699. The van der Waals surface area contributed by atoms with E-state index in [1.807, 2.05) is 25.8 Å². The van der Waals surface area contributed by atoms with Crippen LogP contribution in [0.5, 0.6) is 0 Å². The highest BCUT2D eigenvalue weighted by atomic mass is 127. The first-order chi connectivity index (χ1) is 12.4. The number of non-ortho nitro benzene ring substituents is 1. The number of nitrogens with one attached hydrogen (secondary N) is 1. The van der Waals surface area contributed by atoms with E-state index in [0.29, 0.717) is 25.6 Å². The minimum Gasteiger partial charge on any atom is -0.356 e. The van der Waals surface area contributed by atoms with Gasteiger partial charge in [0.1, 0.15) is 0 Å². The summed E-state index contributed by atoms with van der Waals surface area (Å²) >= 11 is 0. The van der Waals surface area contributed by atoms with E-state index in [0.717, 1.165) is 18.5 Å². The standard InChI is InChI=1S/C18H29N5O3.HI/c1-5-12-19-18(21(4)14-17(24)22(6-2)7-3)20-13-15-8-10-16(11-9-15)23(25)26;/h8-11H,5-7,12-14H2,1-4H3,(H,19,20);1H. The lowest BCUT2D eigenvalue weighted by atomic mass is 10.2. The van der Waals surface area contributed by atoms with Crippen LogP contribution in [0.2, 0.25) is 0 Å². The number of rotatable bonds is 9. The summed E-state index contributed by atoms with van der Waals surface area (Å²) in [5, 5.41) is 14.0. The van der Waals surface area contributed by atoms with E-state index < -0.39 is 4.92 Å². The van der Waals surface area contributed by atoms with Crippen molar-refractivity contribution in [2.24, 2.45) is 4.99 Å². The zero-order valence-corrected chi connectivity index (χ0v) is 18.8. The van der Waals surface area contributed by atoms with Crippen LogP contribution < -0.4 is 5.32 Å². The number of hydrogen-bond donors (Lipinski definition) is 1. The van der Waals surface area contributed by atoms with Gasteiger partial charge in [0.05, 0.1) is 18.0 Å². The number of benzene rings is 1. The minimum absolute atomic E-state index is 0. The Morgan fingerprint density at radius 2 is 1.78 bits per heavy atom. The van der Waals surface area contributed by atoms with Gasteiger partial charge >= 0.3 is 0 Å². The van der Waals surface area contributed by atoms with E-state index in [-0.39, 0.29) is 42.1 Å². The van der Waals surface area contributed by atoms with Crippen molar-refractivity contribution in [3.05, 3.63) is 39.9 Å². The Kier molecular flexibility index (Phi) is 12.3. The summed E-state index contributed by atoms with van der Waals surface area (Å²) in [7, 11) is 1.83. The summed E-state index contributed by atoms with van der Waals surface area (Å²) in [4.78, 5) is 30.8. The molecule has 152 valence electrons. The Morgan fingerprint density at radius 1 is 1.19 bits per heavy atom. The third-order valence-corrected chi connectivity index (χ3v) is 3.94. The highest BCUT2D eigenvalue weighted by Crippen LogP contribution is 2.12. The van der Waals surface area contributed by atoms with Crippen LogP contribution in [0.25, 0.3) is 0 Å². The minimum atomic E-state index is -0.423. The normalized spacial score (nSPS) is 10.7. The number of guanidine groups is 1. The van der Waals surface area contributed by atoms with E-state index >= 15 is 0 Å². The molecule has 0 atom stereocenters. The molecule has 27 heavy (non-hydrogen) atoms. The predicted molar refractivity (Wildman–Crippen MR) is 119 cm³/mol. The molecular formula is C18H30IN5O3. The van der Waals surface area contributed by atoms with Crippen LogP contribution in [-0.4, -0.2) is 59.8 Å². The third-order valence-electron chi connectivity index (χ3n) is 3.94. The van der Waals surface area contributed by atoms with Crippen LogP contribution >= 0.6 is 24.0 Å². The first kappa shape index (κ1) is 25.1. The second kappa shape index (κ2) is 13.3. The highest BCUT2D eigenvalue weighted by Gasteiger charge is 2.15. The molecule has 1 amide bonds. The van der Waals surface area contributed by atoms with Crippen LogP contribution in [0.15, 0.2) is 29.3 Å². The molecule has 0 radical (unpaired) electrons. The maximum atomic E-state index is 12.3. The number of nitrogens with zero attached hydrogens (tertiary/aromatic N) is 4. The van der Waals surface area contributed by atoms with E-state index in [1.165, 1.54) is 12.1 Å². The van der Waals surface area contributed by atoms with Gasteiger partial charge < -0.3 is 15.1 Å². The van der Waals surface area contributed by atoms with Gasteiger partial charge in [0.2, 0.25) is 5.91 Å². The average Bonchev–Trinajstić information content (AvgIpc) is 2.63. The zero-order chi connectivity index (χ0) is 19.5. The molecule has 0 aliphatic carbocycles. The Bertz CT molecular complexity index is 618. The van der Waals surface area contributed by atoms with Gasteiger partial charge in [-0.25, -0.2) is 4.99 Å². The third kappa shape index (κ3) is 8.55. The molecule has 0 saturated carbocycles. The second-order valence-electron chi connectivity index (χ2n) is 5.91. The van der Waals surface area contributed by atoms with Gasteiger partial charge in [0, 0.05) is 38.8 Å². The van der Waals surface area contributed by atoms with Crippen molar-refractivity contribution in [1.29, 1.82) is 0 Å². The fourth-order valence-electron chi connectivity index (χ4n) is 2.39. The van der Waals surface area contributed by atoms with Crippen molar-refractivity contribution < 1.29 is 9.72 Å². The molecule has 1 aromatic carbocycles. The number of likely N-dealkylation sites (N-methyl/N-ethyl adjacent to an activating group) is 2. The number of aliphatic imine (C=N–C) groups is 1. The molecule has 0 unspecified atom stereocenters. The number of amides is 1. The molecule has 0 spiro atoms. The molecule has 1 aromatic rings. The Labute approximate surface area is 178 Å². The number of nitro groups is 1. The van der Waals surface area contributed by atoms with Crippen molar-refractivity contribution in [1.82, 2.24) is 15.1 Å². The maximum Gasteiger partial charge on any atom is 0.269 e. The number of carbonyl (C=O) groups is 1. The van der Waals surface area contributed by atoms with E-state index in [4.69, 9.17) is 0 Å². The van der Waals surface area contributed by atoms with Gasteiger partial charge in [0.25, 0.3) is 5.69 Å². The molecule has 1 rings (SSSR count). The first-order valence-electron chi connectivity index (χ1n) is 8.93. The number of hydrogen-bond acceptors (Lipinski definition) is 4.